The minimum atomic E-state index is -0.516. The third kappa shape index (κ3) is 3.16. The summed E-state index contributed by atoms with van der Waals surface area (Å²) in [5.74, 6) is -0.516. The van der Waals surface area contributed by atoms with Crippen molar-refractivity contribution in [3.05, 3.63) is 42.1 Å². The van der Waals surface area contributed by atoms with Crippen molar-refractivity contribution in [2.75, 3.05) is 6.61 Å². The number of rotatable bonds is 6. The Balaban J connectivity index is 1.98. The smallest absolute Gasteiger partial charge is 0.245 e. The van der Waals surface area contributed by atoms with Crippen molar-refractivity contribution < 1.29 is 9.63 Å². The molecule has 94 valence electrons. The first-order valence-corrected chi connectivity index (χ1v) is 5.48. The second-order valence-electron chi connectivity index (χ2n) is 3.71. The van der Waals surface area contributed by atoms with E-state index < -0.39 is 5.91 Å². The van der Waals surface area contributed by atoms with Crippen LogP contribution in [0.4, 0.5) is 0 Å². The van der Waals surface area contributed by atoms with E-state index in [4.69, 9.17) is 10.6 Å². The van der Waals surface area contributed by atoms with Crippen LogP contribution in [-0.4, -0.2) is 22.7 Å². The highest BCUT2D eigenvalue weighted by Crippen LogP contribution is 2.20. The van der Waals surface area contributed by atoms with E-state index in [0.29, 0.717) is 6.54 Å². The van der Waals surface area contributed by atoms with Crippen LogP contribution < -0.4 is 11.2 Å². The van der Waals surface area contributed by atoms with E-state index in [-0.39, 0.29) is 6.61 Å². The fraction of sp³-hybridized carbons (Fsp3) is 0.167. The molecule has 6 heteroatoms. The number of aromatic amines is 1. The Bertz CT molecular complexity index is 510. The lowest BCUT2D eigenvalue weighted by Gasteiger charge is -2.05. The molecule has 0 aliphatic heterocycles. The Kier molecular flexibility index (Phi) is 4.06. The van der Waals surface area contributed by atoms with Crippen LogP contribution in [0.15, 0.2) is 36.5 Å². The van der Waals surface area contributed by atoms with Gasteiger partial charge >= 0.3 is 0 Å². The highest BCUT2D eigenvalue weighted by Gasteiger charge is 2.06. The number of nitrogens with one attached hydrogen (secondary N) is 2. The lowest BCUT2D eigenvalue weighted by atomic mass is 10.1. The second-order valence-corrected chi connectivity index (χ2v) is 3.71. The molecular weight excluding hydrogens is 232 g/mol. The van der Waals surface area contributed by atoms with E-state index in [9.17, 15) is 4.79 Å². The number of aromatic nitrogens is 2. The summed E-state index contributed by atoms with van der Waals surface area (Å²) in [5.41, 5.74) is 10.5. The minimum absolute atomic E-state index is 0.154. The van der Waals surface area contributed by atoms with Crippen molar-refractivity contribution in [2.45, 2.75) is 6.54 Å². The van der Waals surface area contributed by atoms with Crippen LogP contribution in [0.2, 0.25) is 0 Å². The number of benzene rings is 1. The first-order valence-electron chi connectivity index (χ1n) is 5.48. The Morgan fingerprint density at radius 1 is 1.39 bits per heavy atom. The number of carbonyl (C=O) groups is 1. The number of amides is 1. The molecule has 2 aromatic rings. The summed E-state index contributed by atoms with van der Waals surface area (Å²) in [5, 5.41) is 6.93. The van der Waals surface area contributed by atoms with Gasteiger partial charge in [0.15, 0.2) is 0 Å². The lowest BCUT2D eigenvalue weighted by molar-refractivity contribution is -0.125. The van der Waals surface area contributed by atoms with Crippen LogP contribution in [0.3, 0.4) is 0 Å². The van der Waals surface area contributed by atoms with Gasteiger partial charge in [-0.2, -0.15) is 10.6 Å². The van der Waals surface area contributed by atoms with Crippen LogP contribution in [0.5, 0.6) is 0 Å². The molecule has 1 aromatic heterocycles. The molecule has 0 fully saturated rings. The van der Waals surface area contributed by atoms with Gasteiger partial charge in [-0.15, -0.1) is 0 Å². The van der Waals surface area contributed by atoms with Crippen molar-refractivity contribution in [3.63, 3.8) is 0 Å². The number of nitrogens with two attached hydrogens (primary N) is 1. The topological polar surface area (TPSA) is 93.0 Å². The van der Waals surface area contributed by atoms with Crippen molar-refractivity contribution in [1.29, 1.82) is 0 Å². The Morgan fingerprint density at radius 3 is 2.89 bits per heavy atom. The molecule has 2 rings (SSSR count). The molecule has 18 heavy (non-hydrogen) atoms. The average Bonchev–Trinajstić information content (AvgIpc) is 2.84. The maximum Gasteiger partial charge on any atom is 0.245 e. The maximum atomic E-state index is 10.5. The molecule has 1 heterocycles. The summed E-state index contributed by atoms with van der Waals surface area (Å²) >= 11 is 0. The molecule has 0 saturated carbocycles. The van der Waals surface area contributed by atoms with E-state index in [2.05, 4.69) is 15.7 Å². The number of carbonyl (C=O) groups excluding carboxylic acids is 1. The van der Waals surface area contributed by atoms with Gasteiger partial charge in [0.2, 0.25) is 5.91 Å². The van der Waals surface area contributed by atoms with Gasteiger partial charge in [-0.25, -0.2) is 0 Å². The largest absolute Gasteiger partial charge is 0.368 e. The number of hydroxylamine groups is 1. The minimum Gasteiger partial charge on any atom is -0.368 e. The molecule has 6 nitrogen and oxygen atoms in total. The average molecular weight is 246 g/mol. The zero-order valence-corrected chi connectivity index (χ0v) is 9.72. The van der Waals surface area contributed by atoms with E-state index in [0.717, 1.165) is 16.8 Å². The van der Waals surface area contributed by atoms with Gasteiger partial charge in [-0.1, -0.05) is 30.3 Å². The first-order chi connectivity index (χ1) is 8.77. The fourth-order valence-electron chi connectivity index (χ4n) is 1.55. The van der Waals surface area contributed by atoms with Gasteiger partial charge in [0.25, 0.3) is 0 Å². The van der Waals surface area contributed by atoms with E-state index >= 15 is 0 Å². The Labute approximate surface area is 104 Å². The van der Waals surface area contributed by atoms with Crippen LogP contribution in [0, 0.1) is 0 Å². The number of hydrogen-bond acceptors (Lipinski definition) is 4. The Hall–Kier alpha value is -2.18. The predicted octanol–water partition coefficient (Wildman–Crippen LogP) is 0.583. The van der Waals surface area contributed by atoms with Gasteiger partial charge in [0, 0.05) is 12.1 Å². The zero-order valence-electron chi connectivity index (χ0n) is 9.72. The normalized spacial score (nSPS) is 10.4. The zero-order chi connectivity index (χ0) is 12.8. The van der Waals surface area contributed by atoms with E-state index in [1.165, 1.54) is 0 Å². The summed E-state index contributed by atoms with van der Waals surface area (Å²) in [7, 11) is 0. The van der Waals surface area contributed by atoms with Crippen LogP contribution in [0.25, 0.3) is 11.3 Å². The van der Waals surface area contributed by atoms with Crippen molar-refractivity contribution in [1.82, 2.24) is 15.7 Å². The van der Waals surface area contributed by atoms with Gasteiger partial charge in [0.05, 0.1) is 11.9 Å². The molecule has 0 unspecified atom stereocenters. The van der Waals surface area contributed by atoms with E-state index in [1.54, 1.807) is 6.20 Å². The monoisotopic (exact) mass is 246 g/mol. The van der Waals surface area contributed by atoms with E-state index in [1.807, 2.05) is 30.3 Å². The second kappa shape index (κ2) is 5.95. The molecule has 0 atom stereocenters. The van der Waals surface area contributed by atoms with Crippen molar-refractivity contribution in [2.24, 2.45) is 5.73 Å². The van der Waals surface area contributed by atoms with Gasteiger partial charge < -0.3 is 5.73 Å². The van der Waals surface area contributed by atoms with Crippen LogP contribution >= 0.6 is 0 Å². The Morgan fingerprint density at radius 2 is 2.17 bits per heavy atom. The van der Waals surface area contributed by atoms with Gasteiger partial charge in [-0.3, -0.25) is 14.7 Å². The molecule has 0 spiro atoms. The number of H-pyrrole nitrogens is 1. The summed E-state index contributed by atoms with van der Waals surface area (Å²) in [6.07, 6.45) is 1.71. The number of hydrogen-bond donors (Lipinski definition) is 3. The molecule has 0 saturated heterocycles. The fourth-order valence-corrected chi connectivity index (χ4v) is 1.55. The number of nitrogens with zero attached hydrogens (tertiary/aromatic N) is 1. The van der Waals surface area contributed by atoms with Crippen molar-refractivity contribution in [3.8, 4) is 11.3 Å². The van der Waals surface area contributed by atoms with Gasteiger partial charge in [-0.05, 0) is 5.56 Å². The van der Waals surface area contributed by atoms with Crippen molar-refractivity contribution >= 4 is 5.91 Å². The quantitative estimate of drug-likeness (QED) is 0.513. The molecular formula is C12H14N4O2. The summed E-state index contributed by atoms with van der Waals surface area (Å²) in [6.45, 7) is 0.284. The SMILES string of the molecule is NC(=O)CONCc1cn[nH]c1-c1ccccc1. The molecule has 0 aliphatic carbocycles. The predicted molar refractivity (Wildman–Crippen MR) is 66.0 cm³/mol. The maximum absolute atomic E-state index is 10.5. The highest BCUT2D eigenvalue weighted by atomic mass is 16.6. The van der Waals surface area contributed by atoms with Crippen LogP contribution in [0.1, 0.15) is 5.56 Å². The molecule has 0 aliphatic rings. The third-order valence-corrected chi connectivity index (χ3v) is 2.36. The van der Waals surface area contributed by atoms with Crippen LogP contribution in [-0.2, 0) is 16.2 Å². The first kappa shape index (κ1) is 12.3. The molecule has 1 amide bonds. The highest BCUT2D eigenvalue weighted by molar-refractivity contribution is 5.74. The standard InChI is InChI=1S/C12H14N4O2/c13-11(17)8-18-15-7-10-6-14-16-12(10)9-4-2-1-3-5-9/h1-6,15H,7-8H2,(H2,13,17)(H,14,16). The number of primary amides is 1. The summed E-state index contributed by atoms with van der Waals surface area (Å²) in [4.78, 5) is 15.4. The summed E-state index contributed by atoms with van der Waals surface area (Å²) < 4.78 is 0. The molecule has 1 aromatic carbocycles. The summed E-state index contributed by atoms with van der Waals surface area (Å²) in [6, 6.07) is 9.84. The molecule has 4 N–H and O–H groups in total. The third-order valence-electron chi connectivity index (χ3n) is 2.36. The lowest BCUT2D eigenvalue weighted by Crippen LogP contribution is -2.24. The van der Waals surface area contributed by atoms with Gasteiger partial charge in [0.1, 0.15) is 6.61 Å². The molecule has 0 radical (unpaired) electrons. The molecule has 0 bridgehead atoms.